The maximum atomic E-state index is 11.5. The lowest BCUT2D eigenvalue weighted by molar-refractivity contribution is -0.385. The van der Waals surface area contributed by atoms with E-state index in [9.17, 15) is 15.4 Å². The third-order valence-corrected chi connectivity index (χ3v) is 6.68. The second kappa shape index (κ2) is 10.0. The Kier molecular flexibility index (Phi) is 7.37. The van der Waals surface area contributed by atoms with Crippen molar-refractivity contribution < 1.29 is 9.66 Å². The number of nitrogens with zero attached hydrogens (tertiary/aromatic N) is 4. The SMILES string of the molecule is COc1cc2ncc(C#N)c(Nc3ccc(Sc4nccs4)c(Cl)c3)c2cc1[N+](=O)[O-].Cl. The van der Waals surface area contributed by atoms with Crippen LogP contribution in [0.3, 0.4) is 0 Å². The van der Waals surface area contributed by atoms with Gasteiger partial charge in [-0.05, 0) is 18.2 Å². The first-order valence-corrected chi connectivity index (χ1v) is 10.8. The van der Waals surface area contributed by atoms with Crippen LogP contribution in [0.2, 0.25) is 5.02 Å². The lowest BCUT2D eigenvalue weighted by atomic mass is 10.1. The van der Waals surface area contributed by atoms with Crippen molar-refractivity contribution in [3.63, 3.8) is 0 Å². The van der Waals surface area contributed by atoms with Crippen molar-refractivity contribution in [3.8, 4) is 11.8 Å². The van der Waals surface area contributed by atoms with Crippen LogP contribution in [0.25, 0.3) is 10.9 Å². The van der Waals surface area contributed by atoms with E-state index in [2.05, 4.69) is 21.4 Å². The molecule has 0 atom stereocenters. The van der Waals surface area contributed by atoms with E-state index in [0.717, 1.165) is 9.24 Å². The highest BCUT2D eigenvalue weighted by Crippen LogP contribution is 2.39. The number of hydrogen-bond acceptors (Lipinski definition) is 9. The number of methoxy groups -OCH3 is 1. The van der Waals surface area contributed by atoms with Crippen LogP contribution in [-0.2, 0) is 0 Å². The molecule has 162 valence electrons. The van der Waals surface area contributed by atoms with Crippen molar-refractivity contribution >= 4 is 75.1 Å². The number of aromatic nitrogens is 2. The highest BCUT2D eigenvalue weighted by Gasteiger charge is 2.20. The molecule has 0 saturated carbocycles. The number of thiazole rings is 1. The van der Waals surface area contributed by atoms with Crippen molar-refractivity contribution in [2.75, 3.05) is 12.4 Å². The van der Waals surface area contributed by atoms with Crippen molar-refractivity contribution in [2.24, 2.45) is 0 Å². The van der Waals surface area contributed by atoms with Crippen LogP contribution in [-0.4, -0.2) is 22.0 Å². The maximum Gasteiger partial charge on any atom is 0.311 e. The lowest BCUT2D eigenvalue weighted by Crippen LogP contribution is -1.99. The average molecular weight is 506 g/mol. The summed E-state index contributed by atoms with van der Waals surface area (Å²) in [6, 6.07) is 10.3. The number of nitrogens with one attached hydrogen (secondary N) is 1. The number of nitro groups is 1. The van der Waals surface area contributed by atoms with E-state index in [0.29, 0.717) is 27.3 Å². The summed E-state index contributed by atoms with van der Waals surface area (Å²) in [5.74, 6) is 0.0901. The zero-order valence-electron chi connectivity index (χ0n) is 16.2. The van der Waals surface area contributed by atoms with Crippen molar-refractivity contribution in [2.45, 2.75) is 9.24 Å². The second-order valence-corrected chi connectivity index (χ2v) is 8.72. The third-order valence-electron chi connectivity index (χ3n) is 4.29. The van der Waals surface area contributed by atoms with Crippen molar-refractivity contribution in [1.29, 1.82) is 5.26 Å². The van der Waals surface area contributed by atoms with Crippen LogP contribution >= 0.6 is 47.1 Å². The van der Waals surface area contributed by atoms with Crippen LogP contribution in [0.4, 0.5) is 17.1 Å². The minimum absolute atomic E-state index is 0. The molecule has 32 heavy (non-hydrogen) atoms. The quantitative estimate of drug-likeness (QED) is 0.234. The normalized spacial score (nSPS) is 10.3. The number of hydrogen-bond donors (Lipinski definition) is 1. The molecule has 0 radical (unpaired) electrons. The summed E-state index contributed by atoms with van der Waals surface area (Å²) in [7, 11) is 1.35. The van der Waals surface area contributed by atoms with E-state index in [1.807, 2.05) is 17.5 Å². The average Bonchev–Trinajstić information content (AvgIpc) is 3.28. The van der Waals surface area contributed by atoms with Gasteiger partial charge in [-0.2, -0.15) is 5.26 Å². The van der Waals surface area contributed by atoms with Gasteiger partial charge >= 0.3 is 5.69 Å². The van der Waals surface area contributed by atoms with Crippen molar-refractivity contribution in [3.05, 3.63) is 68.8 Å². The summed E-state index contributed by atoms with van der Waals surface area (Å²) >= 11 is 9.41. The molecule has 2 aromatic heterocycles. The molecule has 2 aromatic carbocycles. The van der Waals surface area contributed by atoms with Crippen LogP contribution in [0, 0.1) is 21.4 Å². The van der Waals surface area contributed by atoms with Crippen LogP contribution in [0.1, 0.15) is 5.56 Å². The summed E-state index contributed by atoms with van der Waals surface area (Å²) in [6.45, 7) is 0. The van der Waals surface area contributed by atoms with Gasteiger partial charge in [0.15, 0.2) is 10.1 Å². The molecule has 0 amide bonds. The van der Waals surface area contributed by atoms with Gasteiger partial charge in [-0.15, -0.1) is 23.7 Å². The number of halogens is 2. The molecule has 0 unspecified atom stereocenters. The summed E-state index contributed by atoms with van der Waals surface area (Å²) in [4.78, 5) is 20.2. The van der Waals surface area contributed by atoms with Crippen LogP contribution < -0.4 is 10.1 Å². The molecule has 12 heteroatoms. The molecule has 1 N–H and O–H groups in total. The van der Waals surface area contributed by atoms with Gasteiger partial charge in [0, 0.05) is 45.9 Å². The predicted octanol–water partition coefficient (Wildman–Crippen LogP) is 6.45. The molecule has 2 heterocycles. The molecule has 0 bridgehead atoms. The molecule has 8 nitrogen and oxygen atoms in total. The summed E-state index contributed by atoms with van der Waals surface area (Å²) in [5.41, 5.74) is 1.49. The van der Waals surface area contributed by atoms with Gasteiger partial charge in [0.25, 0.3) is 0 Å². The number of benzene rings is 2. The topological polar surface area (TPSA) is 114 Å². The molecule has 0 aliphatic rings. The number of anilines is 2. The van der Waals surface area contributed by atoms with E-state index in [1.165, 1.54) is 48.5 Å². The highest BCUT2D eigenvalue weighted by molar-refractivity contribution is 8.01. The summed E-state index contributed by atoms with van der Waals surface area (Å²) < 4.78 is 5.98. The lowest BCUT2D eigenvalue weighted by Gasteiger charge is -2.13. The molecule has 0 aliphatic heterocycles. The first kappa shape index (κ1) is 23.6. The molecule has 4 rings (SSSR count). The minimum Gasteiger partial charge on any atom is -0.490 e. The van der Waals surface area contributed by atoms with E-state index in [-0.39, 0.29) is 29.4 Å². The molecule has 0 fully saturated rings. The highest BCUT2D eigenvalue weighted by atomic mass is 35.5. The first-order valence-electron chi connectivity index (χ1n) is 8.69. The predicted molar refractivity (Wildman–Crippen MR) is 128 cm³/mol. The van der Waals surface area contributed by atoms with Crippen molar-refractivity contribution in [1.82, 2.24) is 9.97 Å². The van der Waals surface area contributed by atoms with Gasteiger partial charge in [0.05, 0.1) is 33.8 Å². The molecule has 0 aliphatic carbocycles. The Morgan fingerprint density at radius 3 is 2.75 bits per heavy atom. The summed E-state index contributed by atoms with van der Waals surface area (Å²) in [6.07, 6.45) is 3.13. The fourth-order valence-electron chi connectivity index (χ4n) is 2.89. The van der Waals surface area contributed by atoms with Crippen LogP contribution in [0.5, 0.6) is 5.75 Å². The van der Waals surface area contributed by atoms with E-state index in [1.54, 1.807) is 12.3 Å². The molecular weight excluding hydrogens is 493 g/mol. The Balaban J connectivity index is 0.00000289. The van der Waals surface area contributed by atoms with E-state index in [4.69, 9.17) is 16.3 Å². The zero-order valence-corrected chi connectivity index (χ0v) is 19.4. The Labute approximate surface area is 201 Å². The molecule has 4 aromatic rings. The molecule has 0 saturated heterocycles. The van der Waals surface area contributed by atoms with Gasteiger partial charge in [0.2, 0.25) is 0 Å². The second-order valence-electron chi connectivity index (χ2n) is 6.13. The Morgan fingerprint density at radius 1 is 1.31 bits per heavy atom. The number of nitriles is 1. The van der Waals surface area contributed by atoms with Gasteiger partial charge < -0.3 is 10.1 Å². The minimum atomic E-state index is -0.539. The Bertz CT molecular complexity index is 1340. The number of pyridine rings is 1. The fourth-order valence-corrected chi connectivity index (χ4v) is 4.77. The number of fused-ring (bicyclic) bond motifs is 1. The summed E-state index contributed by atoms with van der Waals surface area (Å²) in [5, 5.41) is 27.0. The van der Waals surface area contributed by atoms with Gasteiger partial charge in [-0.25, -0.2) is 4.98 Å². The molecular formula is C20H13Cl2N5O3S2. The van der Waals surface area contributed by atoms with Gasteiger partial charge in [-0.1, -0.05) is 23.4 Å². The zero-order chi connectivity index (χ0) is 22.0. The van der Waals surface area contributed by atoms with Gasteiger partial charge in [0.1, 0.15) is 6.07 Å². The third kappa shape index (κ3) is 4.71. The Morgan fingerprint density at radius 2 is 2.12 bits per heavy atom. The Hall–Kier alpha value is -3.10. The van der Waals surface area contributed by atoms with Crippen LogP contribution in [0.15, 0.2) is 57.3 Å². The number of ether oxygens (including phenoxy) is 1. The van der Waals surface area contributed by atoms with E-state index >= 15 is 0 Å². The van der Waals surface area contributed by atoms with E-state index < -0.39 is 4.92 Å². The standard InChI is InChI=1S/C20H12ClN5O3S2.ClH/c1-29-17-8-15-13(7-16(17)26(27)28)19(11(9-22)10-24-15)25-12-2-3-18(14(21)6-12)31-20-23-4-5-30-20;/h2-8,10H,1H3,(H,24,25);1H. The monoisotopic (exact) mass is 505 g/mol. The molecule has 0 spiro atoms. The fraction of sp³-hybridized carbons (Fsp3) is 0.0500. The smallest absolute Gasteiger partial charge is 0.311 e. The number of nitro benzene ring substituents is 1. The van der Waals surface area contributed by atoms with Gasteiger partial charge in [-0.3, -0.25) is 15.1 Å². The maximum absolute atomic E-state index is 11.5. The number of rotatable bonds is 6. The largest absolute Gasteiger partial charge is 0.490 e. The first-order chi connectivity index (χ1) is 15.0.